The molecule has 2 aliphatic carbocycles. The van der Waals surface area contributed by atoms with Crippen LogP contribution in [0.1, 0.15) is 24.8 Å². The predicted octanol–water partition coefficient (Wildman–Crippen LogP) is 3.67. The second-order valence-corrected chi connectivity index (χ2v) is 8.39. The van der Waals surface area contributed by atoms with E-state index in [1.807, 2.05) is 13.0 Å². The molecule has 7 heteroatoms. The van der Waals surface area contributed by atoms with Gasteiger partial charge in [0.15, 0.2) is 5.82 Å². The molecule has 2 aliphatic rings. The van der Waals surface area contributed by atoms with Crippen molar-refractivity contribution in [1.82, 2.24) is 9.97 Å². The first-order valence-corrected chi connectivity index (χ1v) is 10.2. The summed E-state index contributed by atoms with van der Waals surface area (Å²) in [5.41, 5.74) is 8.00. The number of pyridine rings is 2. The molecule has 4 N–H and O–H groups in total. The molecule has 0 spiro atoms. The number of benzene rings is 1. The van der Waals surface area contributed by atoms with Crippen molar-refractivity contribution in [3.05, 3.63) is 48.2 Å². The Morgan fingerprint density at radius 1 is 1.27 bits per heavy atom. The lowest BCUT2D eigenvalue weighted by Crippen LogP contribution is -2.19. The summed E-state index contributed by atoms with van der Waals surface area (Å²) in [6.45, 7) is 1.89. The molecule has 2 heterocycles. The van der Waals surface area contributed by atoms with Crippen LogP contribution in [0.5, 0.6) is 0 Å². The summed E-state index contributed by atoms with van der Waals surface area (Å²) < 4.78 is 15.0. The highest BCUT2D eigenvalue weighted by Gasteiger charge is 2.58. The van der Waals surface area contributed by atoms with Gasteiger partial charge in [0.05, 0.1) is 11.8 Å². The second kappa shape index (κ2) is 7.02. The number of halogens is 1. The van der Waals surface area contributed by atoms with Gasteiger partial charge in [-0.05, 0) is 54.8 Å². The van der Waals surface area contributed by atoms with Crippen molar-refractivity contribution in [2.45, 2.75) is 32.3 Å². The Morgan fingerprint density at radius 3 is 2.87 bits per heavy atom. The van der Waals surface area contributed by atoms with Crippen LogP contribution in [0, 0.1) is 30.5 Å². The first-order valence-electron chi connectivity index (χ1n) is 10.2. The van der Waals surface area contributed by atoms with Crippen LogP contribution < -0.4 is 11.1 Å². The second-order valence-electron chi connectivity index (χ2n) is 8.39. The molecule has 5 rings (SSSR count). The van der Waals surface area contributed by atoms with Gasteiger partial charge in [-0.2, -0.15) is 0 Å². The van der Waals surface area contributed by atoms with Gasteiger partial charge >= 0.3 is 0 Å². The molecule has 1 aromatic carbocycles. The summed E-state index contributed by atoms with van der Waals surface area (Å²) in [4.78, 5) is 21.1. The van der Waals surface area contributed by atoms with Crippen LogP contribution in [0.25, 0.3) is 21.9 Å². The van der Waals surface area contributed by atoms with Crippen molar-refractivity contribution < 1.29 is 14.3 Å². The number of aryl methyl sites for hydroxylation is 1. The number of carbonyl (C=O) groups is 1. The number of anilines is 2. The van der Waals surface area contributed by atoms with E-state index >= 15 is 0 Å². The Hall–Kier alpha value is -3.06. The highest BCUT2D eigenvalue weighted by molar-refractivity contribution is 6.00. The van der Waals surface area contributed by atoms with Crippen LogP contribution in [-0.4, -0.2) is 27.1 Å². The third-order valence-electron chi connectivity index (χ3n) is 6.59. The van der Waals surface area contributed by atoms with Gasteiger partial charge < -0.3 is 16.2 Å². The Morgan fingerprint density at radius 2 is 2.10 bits per heavy atom. The molecule has 0 radical (unpaired) electrons. The maximum Gasteiger partial charge on any atom is 0.229 e. The Kier molecular flexibility index (Phi) is 4.43. The van der Waals surface area contributed by atoms with Gasteiger partial charge in [-0.15, -0.1) is 0 Å². The number of aromatic nitrogens is 2. The topological polar surface area (TPSA) is 101 Å². The molecule has 2 fully saturated rings. The zero-order valence-corrected chi connectivity index (χ0v) is 16.6. The van der Waals surface area contributed by atoms with Crippen LogP contribution in [0.2, 0.25) is 0 Å². The van der Waals surface area contributed by atoms with Crippen LogP contribution >= 0.6 is 0 Å². The lowest BCUT2D eigenvalue weighted by atomic mass is 9.98. The normalized spacial score (nSPS) is 25.0. The molecule has 0 saturated heterocycles. The summed E-state index contributed by atoms with van der Waals surface area (Å²) in [6, 6.07) is 5.24. The molecule has 6 nitrogen and oxygen atoms in total. The number of nitrogen functional groups attached to an aromatic ring is 1. The van der Waals surface area contributed by atoms with Gasteiger partial charge in [-0.25, -0.2) is 9.37 Å². The van der Waals surface area contributed by atoms with Gasteiger partial charge in [0.2, 0.25) is 5.91 Å². The fourth-order valence-corrected chi connectivity index (χ4v) is 4.94. The summed E-state index contributed by atoms with van der Waals surface area (Å²) >= 11 is 0. The Balaban J connectivity index is 1.47. The predicted molar refractivity (Wildman–Crippen MR) is 113 cm³/mol. The molecule has 1 unspecified atom stereocenters. The number of fused-ring (bicyclic) bond motifs is 2. The number of aliphatic hydroxyl groups is 1. The number of aliphatic hydroxyl groups excluding tert-OH is 1. The monoisotopic (exact) mass is 406 g/mol. The summed E-state index contributed by atoms with van der Waals surface area (Å²) in [5.74, 6) is -0.0648. The van der Waals surface area contributed by atoms with Crippen molar-refractivity contribution in [3.63, 3.8) is 0 Å². The number of nitrogens with zero attached hydrogens (tertiary/aromatic N) is 2. The molecular weight excluding hydrogens is 383 g/mol. The number of hydrogen-bond acceptors (Lipinski definition) is 5. The van der Waals surface area contributed by atoms with Crippen LogP contribution in [0.4, 0.5) is 15.9 Å². The fraction of sp³-hybridized carbons (Fsp3) is 0.348. The van der Waals surface area contributed by atoms with E-state index in [-0.39, 0.29) is 29.3 Å². The van der Waals surface area contributed by atoms with Crippen molar-refractivity contribution in [1.29, 1.82) is 0 Å². The summed E-state index contributed by atoms with van der Waals surface area (Å²) in [5, 5.41) is 14.2. The largest absolute Gasteiger partial charge is 0.396 e. The van der Waals surface area contributed by atoms with Gasteiger partial charge in [-0.1, -0.05) is 6.42 Å². The van der Waals surface area contributed by atoms with E-state index in [0.717, 1.165) is 24.8 Å². The summed E-state index contributed by atoms with van der Waals surface area (Å²) in [7, 11) is 0. The van der Waals surface area contributed by atoms with Crippen molar-refractivity contribution in [2.24, 2.45) is 17.8 Å². The molecule has 2 aromatic heterocycles. The first kappa shape index (κ1) is 18.9. The minimum atomic E-state index is -0.506. The average Bonchev–Trinajstić information content (AvgIpc) is 3.47. The molecule has 30 heavy (non-hydrogen) atoms. The molecule has 1 amide bonds. The number of nitrogens with one attached hydrogen (secondary N) is 1. The van der Waals surface area contributed by atoms with Crippen LogP contribution in [0.3, 0.4) is 0 Å². The van der Waals surface area contributed by atoms with E-state index in [1.165, 1.54) is 6.20 Å². The SMILES string of the molecule is Cc1ccncc1-c1cc2cc(NC(=O)[C@H]3C4[C@@H](O)CCC[C@@H]43)ncc2c(N)c1F. The minimum absolute atomic E-state index is 0.0208. The van der Waals surface area contributed by atoms with Crippen LogP contribution in [-0.2, 0) is 4.79 Å². The van der Waals surface area contributed by atoms with E-state index in [2.05, 4.69) is 15.3 Å². The molecule has 154 valence electrons. The molecule has 0 bridgehead atoms. The van der Waals surface area contributed by atoms with Crippen molar-refractivity contribution in [2.75, 3.05) is 11.1 Å². The lowest BCUT2D eigenvalue weighted by molar-refractivity contribution is -0.118. The quantitative estimate of drug-likeness (QED) is 0.576. The zero-order chi connectivity index (χ0) is 21.0. The van der Waals surface area contributed by atoms with Crippen molar-refractivity contribution >= 4 is 28.2 Å². The molecule has 0 aliphatic heterocycles. The standard InChI is InChI=1S/C23H23FN4O2/c1-11-5-6-26-9-15(11)14-7-12-8-18(27-10-16(12)22(25)21(14)24)28-23(30)20-13-3-2-4-17(29)19(13)20/h5-10,13,17,19-20,29H,2-4,25H2,1H3,(H,27,28,30)/t13-,17-,19?,20+/m0/s1. The smallest absolute Gasteiger partial charge is 0.229 e. The fourth-order valence-electron chi connectivity index (χ4n) is 4.94. The summed E-state index contributed by atoms with van der Waals surface area (Å²) in [6.07, 6.45) is 7.07. The average molecular weight is 406 g/mol. The van der Waals surface area contributed by atoms with Gasteiger partial charge in [0.25, 0.3) is 0 Å². The van der Waals surface area contributed by atoms with E-state index in [1.54, 1.807) is 24.5 Å². The third kappa shape index (κ3) is 3.01. The van der Waals surface area contributed by atoms with E-state index < -0.39 is 11.9 Å². The maximum absolute atomic E-state index is 15.0. The van der Waals surface area contributed by atoms with Gasteiger partial charge in [-0.3, -0.25) is 9.78 Å². The Labute approximate surface area is 173 Å². The molecule has 3 aromatic rings. The van der Waals surface area contributed by atoms with E-state index in [4.69, 9.17) is 5.73 Å². The minimum Gasteiger partial charge on any atom is -0.396 e. The molecule has 2 saturated carbocycles. The van der Waals surface area contributed by atoms with Gasteiger partial charge in [0.1, 0.15) is 5.82 Å². The lowest BCUT2D eigenvalue weighted by Gasteiger charge is -2.14. The van der Waals surface area contributed by atoms with Gasteiger partial charge in [0, 0.05) is 46.9 Å². The Bertz CT molecular complexity index is 1170. The highest BCUT2D eigenvalue weighted by atomic mass is 19.1. The number of amides is 1. The highest BCUT2D eigenvalue weighted by Crippen LogP contribution is 2.55. The third-order valence-corrected chi connectivity index (χ3v) is 6.59. The van der Waals surface area contributed by atoms with Crippen molar-refractivity contribution in [3.8, 4) is 11.1 Å². The maximum atomic E-state index is 15.0. The number of hydrogen-bond donors (Lipinski definition) is 3. The number of carbonyl (C=O) groups excluding carboxylic acids is 1. The zero-order valence-electron chi connectivity index (χ0n) is 16.6. The number of rotatable bonds is 3. The first-order chi connectivity index (χ1) is 14.5. The number of nitrogens with two attached hydrogens (primary N) is 1. The van der Waals surface area contributed by atoms with E-state index in [0.29, 0.717) is 27.7 Å². The van der Waals surface area contributed by atoms with E-state index in [9.17, 15) is 14.3 Å². The molecular formula is C23H23FN4O2. The molecule has 4 atom stereocenters. The van der Waals surface area contributed by atoms with Crippen LogP contribution in [0.15, 0.2) is 36.8 Å².